The van der Waals surface area contributed by atoms with E-state index in [9.17, 15) is 4.79 Å². The zero-order valence-electron chi connectivity index (χ0n) is 14.8. The third-order valence-electron chi connectivity index (χ3n) is 4.56. The van der Waals surface area contributed by atoms with Crippen LogP contribution < -0.4 is 9.64 Å². The highest BCUT2D eigenvalue weighted by Gasteiger charge is 2.14. The van der Waals surface area contributed by atoms with E-state index in [0.29, 0.717) is 5.56 Å². The molecule has 0 aromatic heterocycles. The van der Waals surface area contributed by atoms with Gasteiger partial charge in [-0.1, -0.05) is 18.2 Å². The van der Waals surface area contributed by atoms with Crippen LogP contribution in [-0.2, 0) is 0 Å². The molecule has 130 valence electrons. The zero-order valence-corrected chi connectivity index (χ0v) is 14.8. The topological polar surface area (TPSA) is 32.8 Å². The molecule has 0 atom stereocenters. The Morgan fingerprint density at radius 2 is 1.60 bits per heavy atom. The molecule has 2 aromatic rings. The number of nitrogens with zero attached hydrogens (tertiary/aromatic N) is 2. The Kier molecular flexibility index (Phi) is 5.51. The number of allylic oxidation sites excluding steroid dienone is 1. The smallest absolute Gasteiger partial charge is 0.185 e. The largest absolute Gasteiger partial charge is 0.497 e. The van der Waals surface area contributed by atoms with Crippen LogP contribution >= 0.6 is 0 Å². The van der Waals surface area contributed by atoms with E-state index in [1.807, 2.05) is 54.6 Å². The number of methoxy groups -OCH3 is 1. The van der Waals surface area contributed by atoms with Gasteiger partial charge in [0, 0.05) is 37.4 Å². The van der Waals surface area contributed by atoms with Gasteiger partial charge in [-0.25, -0.2) is 0 Å². The summed E-state index contributed by atoms with van der Waals surface area (Å²) in [5, 5.41) is 0. The van der Waals surface area contributed by atoms with E-state index >= 15 is 0 Å². The maximum absolute atomic E-state index is 12.3. The van der Waals surface area contributed by atoms with Crippen LogP contribution in [0, 0.1) is 0 Å². The van der Waals surface area contributed by atoms with Crippen molar-refractivity contribution in [2.75, 3.05) is 45.2 Å². The lowest BCUT2D eigenvalue weighted by atomic mass is 10.1. The van der Waals surface area contributed by atoms with Crippen LogP contribution in [0.1, 0.15) is 15.9 Å². The van der Waals surface area contributed by atoms with E-state index in [1.165, 1.54) is 5.69 Å². The molecule has 4 heteroatoms. The first-order valence-corrected chi connectivity index (χ1v) is 8.56. The van der Waals surface area contributed by atoms with Gasteiger partial charge in [0.05, 0.1) is 7.11 Å². The van der Waals surface area contributed by atoms with Gasteiger partial charge in [0.15, 0.2) is 5.78 Å². The summed E-state index contributed by atoms with van der Waals surface area (Å²) in [5.74, 6) is 0.823. The number of hydrogen-bond acceptors (Lipinski definition) is 4. The molecule has 4 nitrogen and oxygen atoms in total. The van der Waals surface area contributed by atoms with Crippen molar-refractivity contribution >= 4 is 17.5 Å². The van der Waals surface area contributed by atoms with Crippen LogP contribution in [0.25, 0.3) is 6.08 Å². The Balaban J connectivity index is 1.63. The van der Waals surface area contributed by atoms with Crippen LogP contribution in [0.15, 0.2) is 54.6 Å². The first-order valence-electron chi connectivity index (χ1n) is 8.56. The van der Waals surface area contributed by atoms with Gasteiger partial charge in [-0.15, -0.1) is 0 Å². The number of piperazine rings is 1. The summed E-state index contributed by atoms with van der Waals surface area (Å²) in [4.78, 5) is 17.0. The third kappa shape index (κ3) is 4.48. The van der Waals surface area contributed by atoms with Gasteiger partial charge in [-0.3, -0.25) is 4.79 Å². The maximum atomic E-state index is 12.3. The monoisotopic (exact) mass is 336 g/mol. The number of ether oxygens (including phenoxy) is 1. The fraction of sp³-hybridized carbons (Fsp3) is 0.286. The first kappa shape index (κ1) is 17.2. The molecule has 1 heterocycles. The van der Waals surface area contributed by atoms with Gasteiger partial charge in [0.1, 0.15) is 5.75 Å². The van der Waals surface area contributed by atoms with E-state index in [-0.39, 0.29) is 5.78 Å². The fourth-order valence-corrected chi connectivity index (χ4v) is 2.88. The normalized spacial score (nSPS) is 15.5. The highest BCUT2D eigenvalue weighted by atomic mass is 16.5. The predicted molar refractivity (Wildman–Crippen MR) is 103 cm³/mol. The highest BCUT2D eigenvalue weighted by molar-refractivity contribution is 6.07. The van der Waals surface area contributed by atoms with E-state index in [1.54, 1.807) is 13.2 Å². The molecule has 0 aliphatic carbocycles. The Hall–Kier alpha value is -2.59. The molecule has 3 rings (SSSR count). The number of likely N-dealkylation sites (N-methyl/N-ethyl adjacent to an activating group) is 1. The van der Waals surface area contributed by atoms with Gasteiger partial charge in [0.2, 0.25) is 0 Å². The van der Waals surface area contributed by atoms with Gasteiger partial charge in [-0.05, 0) is 55.1 Å². The summed E-state index contributed by atoms with van der Waals surface area (Å²) in [5.41, 5.74) is 2.87. The van der Waals surface area contributed by atoms with Gasteiger partial charge in [-0.2, -0.15) is 0 Å². The van der Waals surface area contributed by atoms with E-state index in [0.717, 1.165) is 37.5 Å². The molecule has 0 unspecified atom stereocenters. The number of anilines is 1. The molecule has 1 aliphatic rings. The number of carbonyl (C=O) groups excluding carboxylic acids is 1. The summed E-state index contributed by atoms with van der Waals surface area (Å²) in [6, 6.07) is 15.5. The highest BCUT2D eigenvalue weighted by Crippen LogP contribution is 2.18. The number of benzene rings is 2. The summed E-state index contributed by atoms with van der Waals surface area (Å²) in [6.07, 6.45) is 3.45. The number of ketones is 1. The van der Waals surface area contributed by atoms with Crippen molar-refractivity contribution in [2.24, 2.45) is 0 Å². The van der Waals surface area contributed by atoms with Crippen LogP contribution in [0.2, 0.25) is 0 Å². The van der Waals surface area contributed by atoms with Crippen LogP contribution in [0.5, 0.6) is 5.75 Å². The molecule has 0 bridgehead atoms. The van der Waals surface area contributed by atoms with Crippen molar-refractivity contribution in [1.82, 2.24) is 4.90 Å². The summed E-state index contributed by atoms with van der Waals surface area (Å²) >= 11 is 0. The van der Waals surface area contributed by atoms with E-state index < -0.39 is 0 Å². The van der Waals surface area contributed by atoms with E-state index in [2.05, 4.69) is 16.8 Å². The van der Waals surface area contributed by atoms with Crippen LogP contribution in [-0.4, -0.2) is 51.0 Å². The molecule has 0 amide bonds. The Morgan fingerprint density at radius 3 is 2.20 bits per heavy atom. The zero-order chi connectivity index (χ0) is 17.6. The van der Waals surface area contributed by atoms with Gasteiger partial charge >= 0.3 is 0 Å². The van der Waals surface area contributed by atoms with Crippen molar-refractivity contribution < 1.29 is 9.53 Å². The Labute approximate surface area is 149 Å². The summed E-state index contributed by atoms with van der Waals surface area (Å²) < 4.78 is 5.13. The van der Waals surface area contributed by atoms with Crippen LogP contribution in [0.3, 0.4) is 0 Å². The second-order valence-corrected chi connectivity index (χ2v) is 6.31. The molecule has 0 radical (unpaired) electrons. The molecule has 1 aliphatic heterocycles. The second-order valence-electron chi connectivity index (χ2n) is 6.31. The number of carbonyl (C=O) groups is 1. The molecule has 2 aromatic carbocycles. The lowest BCUT2D eigenvalue weighted by molar-refractivity contribution is 0.104. The molecule has 0 N–H and O–H groups in total. The standard InChI is InChI=1S/C21H24N2O2/c1-22-13-15-23(16-14-22)19-8-6-18(7-9-19)21(24)12-5-17-3-10-20(25-2)11-4-17/h3-12H,13-16H2,1-2H3/b12-5+. The molecule has 0 spiro atoms. The van der Waals surface area contributed by atoms with Crippen molar-refractivity contribution in [3.63, 3.8) is 0 Å². The SMILES string of the molecule is COc1ccc(/C=C/C(=O)c2ccc(N3CCN(C)CC3)cc2)cc1. The maximum Gasteiger partial charge on any atom is 0.185 e. The van der Waals surface area contributed by atoms with Crippen molar-refractivity contribution in [2.45, 2.75) is 0 Å². The average molecular weight is 336 g/mol. The minimum absolute atomic E-state index is 0.0146. The van der Waals surface area contributed by atoms with Crippen molar-refractivity contribution in [1.29, 1.82) is 0 Å². The number of hydrogen-bond donors (Lipinski definition) is 0. The second kappa shape index (κ2) is 7.99. The lowest BCUT2D eigenvalue weighted by Gasteiger charge is -2.34. The summed E-state index contributed by atoms with van der Waals surface area (Å²) in [7, 11) is 3.79. The molecule has 1 saturated heterocycles. The fourth-order valence-electron chi connectivity index (χ4n) is 2.88. The molecular formula is C21H24N2O2. The molecular weight excluding hydrogens is 312 g/mol. The van der Waals surface area contributed by atoms with Gasteiger partial charge in [0.25, 0.3) is 0 Å². The lowest BCUT2D eigenvalue weighted by Crippen LogP contribution is -2.44. The Bertz CT molecular complexity index is 727. The van der Waals surface area contributed by atoms with Crippen molar-refractivity contribution in [3.8, 4) is 5.75 Å². The van der Waals surface area contributed by atoms with Gasteiger partial charge < -0.3 is 14.5 Å². The summed E-state index contributed by atoms with van der Waals surface area (Å²) in [6.45, 7) is 4.21. The minimum atomic E-state index is 0.0146. The Morgan fingerprint density at radius 1 is 0.960 bits per heavy atom. The molecule has 0 saturated carbocycles. The molecule has 25 heavy (non-hydrogen) atoms. The third-order valence-corrected chi connectivity index (χ3v) is 4.56. The van der Waals surface area contributed by atoms with Crippen LogP contribution in [0.4, 0.5) is 5.69 Å². The van der Waals surface area contributed by atoms with Crippen molar-refractivity contribution in [3.05, 3.63) is 65.7 Å². The average Bonchev–Trinajstić information content (AvgIpc) is 2.67. The first-order chi connectivity index (χ1) is 12.2. The predicted octanol–water partition coefficient (Wildman–Crippen LogP) is 3.34. The quantitative estimate of drug-likeness (QED) is 0.619. The number of rotatable bonds is 5. The van der Waals surface area contributed by atoms with E-state index in [4.69, 9.17) is 4.74 Å². The minimum Gasteiger partial charge on any atom is -0.497 e. The molecule has 1 fully saturated rings.